The third kappa shape index (κ3) is 0.929. The Morgan fingerprint density at radius 2 is 2.67 bits per heavy atom. The Bertz CT molecular complexity index is 44.1. The molecule has 1 N–H and O–H groups in total. The summed E-state index contributed by atoms with van der Waals surface area (Å²) in [4.78, 5) is 0.387. The summed E-state index contributed by atoms with van der Waals surface area (Å²) >= 11 is 3.30. The van der Waals surface area contributed by atoms with Gasteiger partial charge in [-0.15, -0.1) is 0 Å². The molecule has 0 aromatic rings. The third-order valence-electron chi connectivity index (χ3n) is 0.671. The molecule has 0 bridgehead atoms. The van der Waals surface area contributed by atoms with E-state index in [0.29, 0.717) is 11.7 Å². The third-order valence-corrected chi connectivity index (χ3v) is 1.26. The van der Waals surface area contributed by atoms with Gasteiger partial charge < -0.3 is 4.74 Å². The lowest BCUT2D eigenvalue weighted by Crippen LogP contribution is -2.14. The summed E-state index contributed by atoms with van der Waals surface area (Å²) in [5.41, 5.74) is 0. The summed E-state index contributed by atoms with van der Waals surface area (Å²) in [7, 11) is 0. The van der Waals surface area contributed by atoms with Crippen LogP contribution in [0.3, 0.4) is 0 Å². The summed E-state index contributed by atoms with van der Waals surface area (Å²) in [6, 6.07) is 0. The molecule has 1 saturated heterocycles. The van der Waals surface area contributed by atoms with Crippen molar-refractivity contribution in [3.05, 3.63) is 0 Å². The Kier molecular flexibility index (Phi) is 1.45. The van der Waals surface area contributed by atoms with Gasteiger partial charge in [-0.05, 0) is 0 Å². The van der Waals surface area contributed by atoms with Crippen LogP contribution >= 0.6 is 15.9 Å². The van der Waals surface area contributed by atoms with Crippen molar-refractivity contribution in [1.29, 1.82) is 0 Å². The minimum atomic E-state index is 0.387. The highest BCUT2D eigenvalue weighted by Gasteiger charge is 2.07. The van der Waals surface area contributed by atoms with E-state index in [9.17, 15) is 0 Å². The molecule has 36 valence electrons. The predicted molar refractivity (Wildman–Crippen MR) is 26.7 cm³/mol. The van der Waals surface area contributed by atoms with Gasteiger partial charge >= 0.3 is 0 Å². The maximum absolute atomic E-state index is 4.90. The van der Waals surface area contributed by atoms with Gasteiger partial charge in [0, 0.05) is 0 Å². The Hall–Kier alpha value is 0.400. The van der Waals surface area contributed by atoms with Gasteiger partial charge in [-0.1, -0.05) is 15.9 Å². The number of hydrogen-bond donors (Lipinski definition) is 1. The Morgan fingerprint density at radius 3 is 2.83 bits per heavy atom. The van der Waals surface area contributed by atoms with Crippen molar-refractivity contribution in [1.82, 2.24) is 5.32 Å². The van der Waals surface area contributed by atoms with Crippen molar-refractivity contribution in [2.45, 2.75) is 4.95 Å². The summed E-state index contributed by atoms with van der Waals surface area (Å²) in [5, 5.41) is 3.01. The largest absolute Gasteiger partial charge is 0.364 e. The first kappa shape index (κ1) is 4.56. The first-order chi connectivity index (χ1) is 2.89. The number of ether oxygens (including phenoxy) is 1. The van der Waals surface area contributed by atoms with Gasteiger partial charge in [-0.25, -0.2) is 0 Å². The lowest BCUT2D eigenvalue weighted by Gasteiger charge is -1.89. The lowest BCUT2D eigenvalue weighted by atomic mass is 10.7. The molecular weight excluding hydrogens is 146 g/mol. The molecule has 1 aliphatic heterocycles. The highest BCUT2D eigenvalue weighted by molar-refractivity contribution is 9.09. The zero-order chi connectivity index (χ0) is 4.41. The highest BCUT2D eigenvalue weighted by atomic mass is 79.9. The molecule has 1 heterocycles. The Balaban J connectivity index is 2.18. The molecule has 2 nitrogen and oxygen atoms in total. The van der Waals surface area contributed by atoms with E-state index >= 15 is 0 Å². The molecule has 1 rings (SSSR count). The van der Waals surface area contributed by atoms with Crippen LogP contribution in [0.25, 0.3) is 0 Å². The molecule has 0 saturated carbocycles. The topological polar surface area (TPSA) is 21.3 Å². The molecule has 3 heteroatoms. The van der Waals surface area contributed by atoms with Crippen molar-refractivity contribution in [3.8, 4) is 0 Å². The molecular formula is C3H6BrNO. The van der Waals surface area contributed by atoms with Gasteiger partial charge in [0.2, 0.25) is 0 Å². The van der Waals surface area contributed by atoms with Crippen LogP contribution in [-0.4, -0.2) is 18.3 Å². The molecule has 6 heavy (non-hydrogen) atoms. The maximum Gasteiger partial charge on any atom is 0.0975 e. The zero-order valence-corrected chi connectivity index (χ0v) is 4.86. The summed E-state index contributed by atoms with van der Waals surface area (Å²) in [5.74, 6) is 0. The molecule has 0 aromatic carbocycles. The summed E-state index contributed by atoms with van der Waals surface area (Å²) in [6.07, 6.45) is 0. The molecule has 1 unspecified atom stereocenters. The van der Waals surface area contributed by atoms with E-state index in [1.807, 2.05) is 0 Å². The van der Waals surface area contributed by atoms with Gasteiger partial charge in [0.05, 0.1) is 18.3 Å². The van der Waals surface area contributed by atoms with E-state index in [1.165, 1.54) is 0 Å². The maximum atomic E-state index is 4.90. The van der Waals surface area contributed by atoms with E-state index in [0.717, 1.165) is 6.61 Å². The fourth-order valence-electron chi connectivity index (χ4n) is 0.371. The van der Waals surface area contributed by atoms with Crippen LogP contribution in [0.4, 0.5) is 0 Å². The number of hydrogen-bond acceptors (Lipinski definition) is 2. The van der Waals surface area contributed by atoms with Crippen LogP contribution in [0.2, 0.25) is 0 Å². The van der Waals surface area contributed by atoms with E-state index in [1.54, 1.807) is 0 Å². The number of halogens is 1. The minimum absolute atomic E-state index is 0.387. The fourth-order valence-corrected chi connectivity index (χ4v) is 0.690. The van der Waals surface area contributed by atoms with Crippen molar-refractivity contribution >= 4 is 15.9 Å². The summed E-state index contributed by atoms with van der Waals surface area (Å²) < 4.78 is 4.90. The van der Waals surface area contributed by atoms with Gasteiger partial charge in [0.1, 0.15) is 0 Å². The van der Waals surface area contributed by atoms with Crippen molar-refractivity contribution in [2.75, 3.05) is 13.3 Å². The van der Waals surface area contributed by atoms with Crippen molar-refractivity contribution in [2.24, 2.45) is 0 Å². The van der Waals surface area contributed by atoms with Crippen LogP contribution < -0.4 is 5.32 Å². The first-order valence-electron chi connectivity index (χ1n) is 1.85. The number of rotatable bonds is 0. The van der Waals surface area contributed by atoms with Crippen LogP contribution in [0, 0.1) is 0 Å². The standard InChI is InChI=1S/C3H6BrNO/c4-3-1-6-2-5-3/h3,5H,1-2H2. The van der Waals surface area contributed by atoms with E-state index in [4.69, 9.17) is 4.74 Å². The summed E-state index contributed by atoms with van der Waals surface area (Å²) in [6.45, 7) is 1.48. The second-order valence-corrected chi connectivity index (χ2v) is 2.29. The molecule has 1 aliphatic rings. The van der Waals surface area contributed by atoms with E-state index in [2.05, 4.69) is 21.2 Å². The SMILES string of the molecule is BrC1COCN1. The van der Waals surface area contributed by atoms with Crippen molar-refractivity contribution in [3.63, 3.8) is 0 Å². The number of alkyl halides is 1. The lowest BCUT2D eigenvalue weighted by molar-refractivity contribution is 0.193. The first-order valence-corrected chi connectivity index (χ1v) is 2.76. The molecule has 0 amide bonds. The second-order valence-electron chi connectivity index (χ2n) is 1.19. The van der Waals surface area contributed by atoms with Gasteiger partial charge in [0.15, 0.2) is 0 Å². The number of nitrogens with one attached hydrogen (secondary N) is 1. The minimum Gasteiger partial charge on any atom is -0.364 e. The predicted octanol–water partition coefficient (Wildman–Crippen LogP) is 0.285. The zero-order valence-electron chi connectivity index (χ0n) is 3.28. The van der Waals surface area contributed by atoms with E-state index < -0.39 is 0 Å². The van der Waals surface area contributed by atoms with Crippen LogP contribution in [0.15, 0.2) is 0 Å². The molecule has 0 spiro atoms. The normalized spacial score (nSPS) is 34.5. The Labute approximate surface area is 45.0 Å². The van der Waals surface area contributed by atoms with Gasteiger partial charge in [-0.2, -0.15) is 0 Å². The van der Waals surface area contributed by atoms with Crippen molar-refractivity contribution < 1.29 is 4.74 Å². The van der Waals surface area contributed by atoms with E-state index in [-0.39, 0.29) is 0 Å². The molecule has 1 fully saturated rings. The van der Waals surface area contributed by atoms with Crippen LogP contribution in [0.1, 0.15) is 0 Å². The molecule has 0 radical (unpaired) electrons. The fraction of sp³-hybridized carbons (Fsp3) is 1.00. The average Bonchev–Trinajstić information content (AvgIpc) is 1.86. The van der Waals surface area contributed by atoms with Gasteiger partial charge in [-0.3, -0.25) is 5.32 Å². The quantitative estimate of drug-likeness (QED) is 0.397. The van der Waals surface area contributed by atoms with Gasteiger partial charge in [0.25, 0.3) is 0 Å². The second kappa shape index (κ2) is 1.91. The van der Waals surface area contributed by atoms with Crippen LogP contribution in [-0.2, 0) is 4.74 Å². The van der Waals surface area contributed by atoms with Crippen LogP contribution in [0.5, 0.6) is 0 Å². The molecule has 1 atom stereocenters. The molecule has 0 aromatic heterocycles. The average molecular weight is 152 g/mol. The highest BCUT2D eigenvalue weighted by Crippen LogP contribution is 1.99. The monoisotopic (exact) mass is 151 g/mol. The molecule has 0 aliphatic carbocycles. The Morgan fingerprint density at radius 1 is 1.83 bits per heavy atom. The smallest absolute Gasteiger partial charge is 0.0975 e.